The van der Waals surface area contributed by atoms with Crippen LogP contribution in [0.5, 0.6) is 5.75 Å². The van der Waals surface area contributed by atoms with Gasteiger partial charge in [-0.15, -0.1) is 11.8 Å². The van der Waals surface area contributed by atoms with Crippen LogP contribution in [0.1, 0.15) is 49.9 Å². The number of benzene rings is 1. The smallest absolute Gasteiger partial charge is 0.127 e. The standard InChI is InChI=1S/C16H22ClNOS/c1-4-6-18-15-13-11(9-20-16(15,2)3)14-10(5-7-19-14)8-12(13)17/h8,15,18H,4-7,9H2,1-3H3. The van der Waals surface area contributed by atoms with Gasteiger partial charge in [-0.1, -0.05) is 18.5 Å². The lowest BCUT2D eigenvalue weighted by Gasteiger charge is -2.41. The Morgan fingerprint density at radius 1 is 1.50 bits per heavy atom. The number of hydrogen-bond acceptors (Lipinski definition) is 3. The zero-order chi connectivity index (χ0) is 14.3. The van der Waals surface area contributed by atoms with Crippen molar-refractivity contribution < 1.29 is 4.74 Å². The van der Waals surface area contributed by atoms with E-state index in [2.05, 4.69) is 32.2 Å². The molecule has 1 atom stereocenters. The van der Waals surface area contributed by atoms with Gasteiger partial charge in [-0.3, -0.25) is 0 Å². The Morgan fingerprint density at radius 2 is 2.30 bits per heavy atom. The van der Waals surface area contributed by atoms with Gasteiger partial charge < -0.3 is 10.1 Å². The van der Waals surface area contributed by atoms with Crippen molar-refractivity contribution >= 4 is 23.4 Å². The van der Waals surface area contributed by atoms with Crippen LogP contribution in [0.2, 0.25) is 5.02 Å². The molecular weight excluding hydrogens is 290 g/mol. The van der Waals surface area contributed by atoms with Crippen LogP contribution in [0.3, 0.4) is 0 Å². The molecule has 0 aliphatic carbocycles. The molecule has 20 heavy (non-hydrogen) atoms. The topological polar surface area (TPSA) is 21.3 Å². The van der Waals surface area contributed by atoms with Crippen LogP contribution in [0.25, 0.3) is 0 Å². The van der Waals surface area contributed by atoms with Crippen molar-refractivity contribution in [3.05, 3.63) is 27.8 Å². The third-order valence-electron chi connectivity index (χ3n) is 4.24. The molecule has 0 saturated carbocycles. The summed E-state index contributed by atoms with van der Waals surface area (Å²) in [6.07, 6.45) is 2.12. The molecule has 0 bridgehead atoms. The monoisotopic (exact) mass is 311 g/mol. The first-order chi connectivity index (χ1) is 9.54. The Morgan fingerprint density at radius 3 is 3.05 bits per heavy atom. The molecule has 0 spiro atoms. The van der Waals surface area contributed by atoms with Gasteiger partial charge in [-0.25, -0.2) is 0 Å². The largest absolute Gasteiger partial charge is 0.493 e. The maximum atomic E-state index is 6.62. The van der Waals surface area contributed by atoms with Crippen LogP contribution >= 0.6 is 23.4 Å². The molecule has 0 aromatic heterocycles. The van der Waals surface area contributed by atoms with Gasteiger partial charge in [-0.2, -0.15) is 0 Å². The first-order valence-corrected chi connectivity index (χ1v) is 8.75. The van der Waals surface area contributed by atoms with Gasteiger partial charge in [0.2, 0.25) is 0 Å². The van der Waals surface area contributed by atoms with E-state index in [-0.39, 0.29) is 4.75 Å². The van der Waals surface area contributed by atoms with Crippen molar-refractivity contribution in [2.24, 2.45) is 0 Å². The Hall–Kier alpha value is -0.380. The number of hydrogen-bond donors (Lipinski definition) is 1. The molecule has 110 valence electrons. The van der Waals surface area contributed by atoms with E-state index in [1.165, 1.54) is 16.7 Å². The maximum Gasteiger partial charge on any atom is 0.127 e. The lowest BCUT2D eigenvalue weighted by atomic mass is 9.89. The zero-order valence-electron chi connectivity index (χ0n) is 12.4. The molecule has 0 fully saturated rings. The number of halogens is 1. The molecule has 1 aromatic carbocycles. The van der Waals surface area contributed by atoms with Crippen molar-refractivity contribution in [2.75, 3.05) is 13.2 Å². The van der Waals surface area contributed by atoms with Crippen LogP contribution in [-0.2, 0) is 12.2 Å². The fourth-order valence-electron chi connectivity index (χ4n) is 3.17. The molecule has 0 radical (unpaired) electrons. The van der Waals surface area contributed by atoms with Gasteiger partial charge in [0.25, 0.3) is 0 Å². The van der Waals surface area contributed by atoms with Gasteiger partial charge >= 0.3 is 0 Å². The molecule has 0 saturated heterocycles. The summed E-state index contributed by atoms with van der Waals surface area (Å²) in [4.78, 5) is 0. The molecule has 2 nitrogen and oxygen atoms in total. The second kappa shape index (κ2) is 5.43. The third kappa shape index (κ3) is 2.34. The minimum absolute atomic E-state index is 0.151. The molecular formula is C16H22ClNOS. The van der Waals surface area contributed by atoms with Crippen LogP contribution < -0.4 is 10.1 Å². The highest BCUT2D eigenvalue weighted by molar-refractivity contribution is 8.00. The summed E-state index contributed by atoms with van der Waals surface area (Å²) in [5.74, 6) is 2.10. The van der Waals surface area contributed by atoms with Gasteiger partial charge in [0.05, 0.1) is 6.61 Å². The van der Waals surface area contributed by atoms with E-state index in [1.54, 1.807) is 0 Å². The van der Waals surface area contributed by atoms with Crippen molar-refractivity contribution in [1.29, 1.82) is 0 Å². The minimum Gasteiger partial charge on any atom is -0.493 e. The highest BCUT2D eigenvalue weighted by Crippen LogP contribution is 2.52. The second-order valence-corrected chi connectivity index (χ2v) is 8.15. The SMILES string of the molecule is CCCNC1c2c(Cl)cc3c(c2CSC1(C)C)OCC3. The second-order valence-electron chi connectivity index (χ2n) is 6.12. The van der Waals surface area contributed by atoms with Crippen LogP contribution in [0.15, 0.2) is 6.07 Å². The molecule has 3 rings (SSSR count). The van der Waals surface area contributed by atoms with Crippen molar-refractivity contribution in [1.82, 2.24) is 5.32 Å². The Balaban J connectivity index is 2.09. The first kappa shape index (κ1) is 14.6. The molecule has 1 aromatic rings. The lowest BCUT2D eigenvalue weighted by molar-refractivity contribution is 0.351. The lowest BCUT2D eigenvalue weighted by Crippen LogP contribution is -2.40. The van der Waals surface area contributed by atoms with E-state index < -0.39 is 0 Å². The van der Waals surface area contributed by atoms with E-state index in [0.29, 0.717) is 6.04 Å². The van der Waals surface area contributed by atoms with Gasteiger partial charge in [0, 0.05) is 33.5 Å². The Kier molecular flexibility index (Phi) is 3.95. The van der Waals surface area contributed by atoms with Crippen LogP contribution in [0.4, 0.5) is 0 Å². The summed E-state index contributed by atoms with van der Waals surface area (Å²) in [6.45, 7) is 8.62. The molecule has 2 heterocycles. The molecule has 1 unspecified atom stereocenters. The highest BCUT2D eigenvalue weighted by atomic mass is 35.5. The van der Waals surface area contributed by atoms with Crippen molar-refractivity contribution in [3.63, 3.8) is 0 Å². The average molecular weight is 312 g/mol. The average Bonchev–Trinajstić information content (AvgIpc) is 2.85. The van der Waals surface area contributed by atoms with Crippen LogP contribution in [0, 0.1) is 0 Å². The van der Waals surface area contributed by atoms with E-state index in [9.17, 15) is 0 Å². The van der Waals surface area contributed by atoms with E-state index in [0.717, 1.165) is 42.5 Å². The third-order valence-corrected chi connectivity index (χ3v) is 5.96. The van der Waals surface area contributed by atoms with E-state index >= 15 is 0 Å². The van der Waals surface area contributed by atoms with Crippen LogP contribution in [-0.4, -0.2) is 17.9 Å². The fraction of sp³-hybridized carbons (Fsp3) is 0.625. The molecule has 2 aliphatic heterocycles. The highest BCUT2D eigenvalue weighted by Gasteiger charge is 2.40. The van der Waals surface area contributed by atoms with E-state index in [1.807, 2.05) is 11.8 Å². The first-order valence-electron chi connectivity index (χ1n) is 7.39. The maximum absolute atomic E-state index is 6.62. The number of fused-ring (bicyclic) bond motifs is 3. The van der Waals surface area contributed by atoms with Crippen molar-refractivity contribution in [3.8, 4) is 5.75 Å². The normalized spacial score (nSPS) is 23.1. The predicted octanol–water partition coefficient (Wildman–Crippen LogP) is 4.34. The van der Waals surface area contributed by atoms with Gasteiger partial charge in [0.15, 0.2) is 0 Å². The summed E-state index contributed by atoms with van der Waals surface area (Å²) < 4.78 is 6.02. The number of thioether (sulfide) groups is 1. The predicted molar refractivity (Wildman–Crippen MR) is 87.1 cm³/mol. The number of ether oxygens (including phenoxy) is 1. The summed E-state index contributed by atoms with van der Waals surface area (Å²) >= 11 is 8.62. The van der Waals surface area contributed by atoms with Gasteiger partial charge in [-0.05, 0) is 44.0 Å². The zero-order valence-corrected chi connectivity index (χ0v) is 14.0. The molecule has 4 heteroatoms. The Bertz CT molecular complexity index is 530. The molecule has 0 amide bonds. The minimum atomic E-state index is 0.151. The summed E-state index contributed by atoms with van der Waals surface area (Å²) in [6, 6.07) is 2.41. The quantitative estimate of drug-likeness (QED) is 0.897. The molecule has 2 aliphatic rings. The van der Waals surface area contributed by atoms with Crippen molar-refractivity contribution in [2.45, 2.75) is 50.2 Å². The Labute approximate surface area is 130 Å². The fourth-order valence-corrected chi connectivity index (χ4v) is 4.69. The van der Waals surface area contributed by atoms with Gasteiger partial charge in [0.1, 0.15) is 5.75 Å². The summed E-state index contributed by atoms with van der Waals surface area (Å²) in [5, 5.41) is 4.60. The van der Waals surface area contributed by atoms with E-state index in [4.69, 9.17) is 16.3 Å². The number of rotatable bonds is 3. The summed E-state index contributed by atoms with van der Waals surface area (Å²) in [7, 11) is 0. The summed E-state index contributed by atoms with van der Waals surface area (Å²) in [5.41, 5.74) is 3.87. The number of nitrogens with one attached hydrogen (secondary N) is 1. The molecule has 1 N–H and O–H groups in total.